The van der Waals surface area contributed by atoms with Gasteiger partial charge in [0.25, 0.3) is 9.84 Å². The smallest absolute Gasteiger partial charge is 0.380 e. The van der Waals surface area contributed by atoms with Crippen LogP contribution in [-0.2, 0) is 14.6 Å². The van der Waals surface area contributed by atoms with Crippen LogP contribution in [0.3, 0.4) is 0 Å². The summed E-state index contributed by atoms with van der Waals surface area (Å²) >= 11 is 0. The molecule has 20 heavy (non-hydrogen) atoms. The lowest BCUT2D eigenvalue weighted by Gasteiger charge is -2.13. The molecule has 1 aromatic rings. The highest BCUT2D eigenvalue weighted by molar-refractivity contribution is 7.92. The molecule has 1 amide bonds. The molecule has 0 bridgehead atoms. The number of anilines is 1. The molecular weight excluding hydrogens is 297 g/mol. The highest BCUT2D eigenvalue weighted by atomic mass is 32.2. The van der Waals surface area contributed by atoms with Crippen LogP contribution >= 0.6 is 0 Å². The maximum atomic E-state index is 12.3. The third-order valence-corrected chi connectivity index (χ3v) is 4.32. The van der Waals surface area contributed by atoms with Gasteiger partial charge in [0.15, 0.2) is 0 Å². The molecule has 5 nitrogen and oxygen atoms in total. The van der Waals surface area contributed by atoms with Crippen LogP contribution in [0.5, 0.6) is 0 Å². The van der Waals surface area contributed by atoms with E-state index < -0.39 is 20.2 Å². The monoisotopic (exact) mass is 308 g/mol. The minimum atomic E-state index is -5.32. The van der Waals surface area contributed by atoms with E-state index in [4.69, 9.17) is 0 Å². The molecule has 1 atom stereocenters. The zero-order valence-corrected chi connectivity index (χ0v) is 10.9. The molecule has 2 N–H and O–H groups in total. The second-order valence-corrected chi connectivity index (χ2v) is 6.26. The molecule has 110 valence electrons. The lowest BCUT2D eigenvalue weighted by Crippen LogP contribution is -2.24. The summed E-state index contributed by atoms with van der Waals surface area (Å²) in [5.74, 6) is -0.112. The van der Waals surface area contributed by atoms with Crippen LogP contribution in [-0.4, -0.2) is 32.4 Å². The molecule has 0 saturated carbocycles. The number of hydrogen-bond donors (Lipinski definition) is 2. The Hall–Kier alpha value is -1.77. The lowest BCUT2D eigenvalue weighted by molar-refractivity contribution is -0.119. The van der Waals surface area contributed by atoms with Crippen molar-refractivity contribution in [1.29, 1.82) is 0 Å². The standard InChI is InChI=1S/C11H11F3N2O3S/c12-11(13,14)20(18,19)9-3-1-7(2-4-9)16-8-5-10(17)15-6-8/h1-4,8,16H,5-6H2,(H,15,17). The first kappa shape index (κ1) is 14.6. The van der Waals surface area contributed by atoms with Gasteiger partial charge in [-0.05, 0) is 24.3 Å². The van der Waals surface area contributed by atoms with Gasteiger partial charge >= 0.3 is 5.51 Å². The van der Waals surface area contributed by atoms with Crippen molar-refractivity contribution in [2.45, 2.75) is 22.9 Å². The van der Waals surface area contributed by atoms with Crippen molar-refractivity contribution in [3.63, 3.8) is 0 Å². The number of amides is 1. The molecule has 1 heterocycles. The predicted molar refractivity (Wildman–Crippen MR) is 64.7 cm³/mol. The summed E-state index contributed by atoms with van der Waals surface area (Å²) in [6.07, 6.45) is 0.266. The minimum Gasteiger partial charge on any atom is -0.380 e. The molecule has 0 radical (unpaired) electrons. The summed E-state index contributed by atoms with van der Waals surface area (Å²) in [6, 6.07) is 4.08. The Morgan fingerprint density at radius 2 is 1.80 bits per heavy atom. The summed E-state index contributed by atoms with van der Waals surface area (Å²) in [4.78, 5) is 10.2. The van der Waals surface area contributed by atoms with E-state index in [1.54, 1.807) is 0 Å². The Kier molecular flexibility index (Phi) is 3.63. The molecule has 2 rings (SSSR count). The summed E-state index contributed by atoms with van der Waals surface area (Å²) in [5.41, 5.74) is -4.86. The summed E-state index contributed by atoms with van der Waals surface area (Å²) < 4.78 is 59.3. The number of alkyl halides is 3. The van der Waals surface area contributed by atoms with Gasteiger partial charge in [0.05, 0.1) is 10.9 Å². The summed E-state index contributed by atoms with van der Waals surface area (Å²) in [5, 5.41) is 5.53. The van der Waals surface area contributed by atoms with Crippen LogP contribution < -0.4 is 10.6 Å². The first-order valence-electron chi connectivity index (χ1n) is 5.65. The highest BCUT2D eigenvalue weighted by Crippen LogP contribution is 2.30. The van der Waals surface area contributed by atoms with E-state index in [2.05, 4.69) is 10.6 Å². The number of carbonyl (C=O) groups excluding carboxylic acids is 1. The fourth-order valence-electron chi connectivity index (χ4n) is 1.81. The zero-order chi connectivity index (χ0) is 15.0. The summed E-state index contributed by atoms with van der Waals surface area (Å²) in [6.45, 7) is 0.418. The largest absolute Gasteiger partial charge is 0.501 e. The van der Waals surface area contributed by atoms with E-state index >= 15 is 0 Å². The normalized spacial score (nSPS) is 19.8. The van der Waals surface area contributed by atoms with Gasteiger partial charge in [-0.3, -0.25) is 4.79 Å². The molecule has 1 aliphatic rings. The molecule has 1 aliphatic heterocycles. The second kappa shape index (κ2) is 4.97. The Labute approximate surface area is 113 Å². The van der Waals surface area contributed by atoms with Gasteiger partial charge in [-0.15, -0.1) is 0 Å². The number of benzene rings is 1. The van der Waals surface area contributed by atoms with Gasteiger partial charge in [-0.1, -0.05) is 0 Å². The van der Waals surface area contributed by atoms with Crippen LogP contribution in [0.25, 0.3) is 0 Å². The third kappa shape index (κ3) is 2.87. The van der Waals surface area contributed by atoms with Gasteiger partial charge in [-0.25, -0.2) is 8.42 Å². The van der Waals surface area contributed by atoms with Gasteiger partial charge < -0.3 is 10.6 Å². The molecule has 1 aromatic carbocycles. The van der Waals surface area contributed by atoms with Crippen molar-refractivity contribution >= 4 is 21.4 Å². The molecule has 0 aliphatic carbocycles. The Morgan fingerprint density at radius 3 is 2.25 bits per heavy atom. The van der Waals surface area contributed by atoms with Crippen molar-refractivity contribution in [1.82, 2.24) is 5.32 Å². The maximum absolute atomic E-state index is 12.3. The number of sulfone groups is 1. The van der Waals surface area contributed by atoms with Crippen molar-refractivity contribution in [3.05, 3.63) is 24.3 Å². The molecule has 1 fully saturated rings. The van der Waals surface area contributed by atoms with Crippen LogP contribution in [0.1, 0.15) is 6.42 Å². The SMILES string of the molecule is O=C1CC(Nc2ccc(S(=O)(=O)C(F)(F)F)cc2)CN1. The maximum Gasteiger partial charge on any atom is 0.501 e. The number of nitrogens with one attached hydrogen (secondary N) is 2. The topological polar surface area (TPSA) is 75.3 Å². The predicted octanol–water partition coefficient (Wildman–Crippen LogP) is 1.28. The molecular formula is C11H11F3N2O3S. The fraction of sp³-hybridized carbons (Fsp3) is 0.364. The second-order valence-electron chi connectivity index (χ2n) is 4.32. The Bertz CT molecular complexity index is 611. The number of hydrogen-bond acceptors (Lipinski definition) is 4. The van der Waals surface area contributed by atoms with Crippen molar-refractivity contribution in [3.8, 4) is 0 Å². The van der Waals surface area contributed by atoms with E-state index in [1.165, 1.54) is 12.1 Å². The van der Waals surface area contributed by atoms with Crippen molar-refractivity contribution in [2.24, 2.45) is 0 Å². The first-order valence-corrected chi connectivity index (χ1v) is 7.13. The van der Waals surface area contributed by atoms with E-state index in [0.717, 1.165) is 12.1 Å². The Morgan fingerprint density at radius 1 is 1.20 bits per heavy atom. The van der Waals surface area contributed by atoms with Crippen LogP contribution in [0, 0.1) is 0 Å². The molecule has 1 saturated heterocycles. The van der Waals surface area contributed by atoms with Gasteiger partial charge in [0.2, 0.25) is 5.91 Å². The average molecular weight is 308 g/mol. The minimum absolute atomic E-state index is 0.112. The van der Waals surface area contributed by atoms with Crippen molar-refractivity contribution in [2.75, 3.05) is 11.9 Å². The van der Waals surface area contributed by atoms with Gasteiger partial charge in [0.1, 0.15) is 0 Å². The molecule has 1 unspecified atom stereocenters. The number of halogens is 3. The number of carbonyl (C=O) groups is 1. The zero-order valence-electron chi connectivity index (χ0n) is 10.1. The third-order valence-electron chi connectivity index (χ3n) is 2.82. The fourth-order valence-corrected chi connectivity index (χ4v) is 2.57. The van der Waals surface area contributed by atoms with E-state index in [-0.39, 0.29) is 18.4 Å². The van der Waals surface area contributed by atoms with Gasteiger partial charge in [0, 0.05) is 18.7 Å². The number of rotatable bonds is 3. The Balaban J connectivity index is 2.13. The van der Waals surface area contributed by atoms with E-state index in [9.17, 15) is 26.4 Å². The van der Waals surface area contributed by atoms with Gasteiger partial charge in [-0.2, -0.15) is 13.2 Å². The average Bonchev–Trinajstić information content (AvgIpc) is 2.74. The van der Waals surface area contributed by atoms with E-state index in [0.29, 0.717) is 12.2 Å². The summed E-state index contributed by atoms with van der Waals surface area (Å²) in [7, 11) is -5.32. The van der Waals surface area contributed by atoms with Crippen LogP contribution in [0.2, 0.25) is 0 Å². The molecule has 0 aromatic heterocycles. The van der Waals surface area contributed by atoms with Crippen LogP contribution in [0.15, 0.2) is 29.2 Å². The molecule has 0 spiro atoms. The first-order chi connectivity index (χ1) is 9.20. The molecule has 9 heteroatoms. The van der Waals surface area contributed by atoms with Crippen molar-refractivity contribution < 1.29 is 26.4 Å². The van der Waals surface area contributed by atoms with Crippen LogP contribution in [0.4, 0.5) is 18.9 Å². The van der Waals surface area contributed by atoms with E-state index in [1.807, 2.05) is 0 Å². The quantitative estimate of drug-likeness (QED) is 0.882. The highest BCUT2D eigenvalue weighted by Gasteiger charge is 2.46. The lowest BCUT2D eigenvalue weighted by atomic mass is 10.2.